The van der Waals surface area contributed by atoms with Crippen molar-refractivity contribution in [3.8, 4) is 0 Å². The lowest BCUT2D eigenvalue weighted by Crippen LogP contribution is -2.62. The number of nitrogens with zero attached hydrogens (tertiary/aromatic N) is 2. The van der Waals surface area contributed by atoms with Crippen molar-refractivity contribution in [3.63, 3.8) is 0 Å². The summed E-state index contributed by atoms with van der Waals surface area (Å²) < 4.78 is 51.4. The molecule has 18 atom stereocenters. The molecule has 3 fully saturated rings. The Hall–Kier alpha value is -2.94. The predicted molar refractivity (Wildman–Crippen MR) is 241 cm³/mol. The van der Waals surface area contributed by atoms with Crippen LogP contribution in [0.5, 0.6) is 0 Å². The Morgan fingerprint density at radius 3 is 1.98 bits per heavy atom. The highest BCUT2D eigenvalue weighted by atomic mass is 16.7. The van der Waals surface area contributed by atoms with Crippen molar-refractivity contribution >= 4 is 23.6 Å². The van der Waals surface area contributed by atoms with Gasteiger partial charge in [0.05, 0.1) is 58.8 Å². The Bertz CT molecular complexity index is 1810. The van der Waals surface area contributed by atoms with Crippen LogP contribution >= 0.6 is 0 Å². The molecule has 17 heteroatoms. The number of fused-ring (bicyclic) bond motifs is 1. The molecular weight excluding hydrogens is 857 g/mol. The van der Waals surface area contributed by atoms with Crippen molar-refractivity contribution < 1.29 is 72.4 Å². The number of Topliss-reactive ketones (excluding diaryl/α,β-unsaturated/α-hetero) is 1. The quantitative estimate of drug-likeness (QED) is 0.188. The first-order valence-electron chi connectivity index (χ1n) is 23.6. The summed E-state index contributed by atoms with van der Waals surface area (Å²) in [7, 11) is 6.55. The fourth-order valence-electron chi connectivity index (χ4n) is 10.8. The first-order chi connectivity index (χ1) is 30.9. The maximum Gasteiger partial charge on any atom is 0.311 e. The van der Waals surface area contributed by atoms with Gasteiger partial charge in [0.15, 0.2) is 12.6 Å². The van der Waals surface area contributed by atoms with Crippen molar-refractivity contribution in [2.75, 3.05) is 41.5 Å². The summed E-state index contributed by atoms with van der Waals surface area (Å²) in [6.07, 6.45) is -8.13. The number of cyclic esters (lactones) is 1. The molecule has 0 radical (unpaired) electrons. The lowest BCUT2D eigenvalue weighted by molar-refractivity contribution is -0.321. The van der Waals surface area contributed by atoms with Crippen molar-refractivity contribution in [2.24, 2.45) is 23.7 Å². The molecule has 3 N–H and O–H groups in total. The first kappa shape index (κ1) is 54.0. The topological polar surface area (TPSA) is 209 Å². The average molecular weight is 935 g/mol. The normalized spacial score (nSPS) is 42.0. The van der Waals surface area contributed by atoms with Crippen molar-refractivity contribution in [1.82, 2.24) is 9.80 Å². The third-order valence-corrected chi connectivity index (χ3v) is 15.2. The minimum atomic E-state index is -2.00. The zero-order chi connectivity index (χ0) is 49.2. The highest BCUT2D eigenvalue weighted by Gasteiger charge is 2.54. The van der Waals surface area contributed by atoms with Crippen molar-refractivity contribution in [1.29, 1.82) is 0 Å². The molecule has 0 unspecified atom stereocenters. The second-order valence-corrected chi connectivity index (χ2v) is 20.0. The highest BCUT2D eigenvalue weighted by Crippen LogP contribution is 2.42. The molecular formula is C49H78N2O15. The van der Waals surface area contributed by atoms with Crippen LogP contribution in [0.15, 0.2) is 24.3 Å². The monoisotopic (exact) mass is 935 g/mol. The SMILES string of the molecule is CC[C@H]1OC(=O)[C@H](C)[C@@H](O[C@H]2C[C@@](C)(OC)[C@@H](O)[C@H](C)O2)[C@H](C)[C@@H](O[C@@H]2O[C@H](C)C[C@H](N(C)CCCN3C(=O)c4ccccc4C3=O)[C@H]2OC)[C@@](C)(OC)C[C@@H](C)C(=O)[C@H](C)[C@@H](O)[C@]1(C)O. The van der Waals surface area contributed by atoms with Gasteiger partial charge in [-0.05, 0) is 93.0 Å². The molecule has 0 spiro atoms. The summed E-state index contributed by atoms with van der Waals surface area (Å²) in [6.45, 7) is 17.9. The molecule has 3 saturated heterocycles. The van der Waals surface area contributed by atoms with Gasteiger partial charge < -0.3 is 58.1 Å². The number of hydrogen-bond acceptors (Lipinski definition) is 16. The zero-order valence-electron chi connectivity index (χ0n) is 41.6. The second kappa shape index (κ2) is 21.8. The van der Waals surface area contributed by atoms with Crippen LogP contribution in [0.4, 0.5) is 0 Å². The Morgan fingerprint density at radius 2 is 1.42 bits per heavy atom. The Kier molecular flexibility index (Phi) is 17.8. The molecule has 374 valence electrons. The van der Waals surface area contributed by atoms with E-state index in [9.17, 15) is 34.5 Å². The first-order valence-corrected chi connectivity index (χ1v) is 23.6. The fourth-order valence-corrected chi connectivity index (χ4v) is 10.8. The van der Waals surface area contributed by atoms with E-state index in [0.29, 0.717) is 30.5 Å². The maximum absolute atomic E-state index is 14.5. The van der Waals surface area contributed by atoms with E-state index in [4.69, 9.17) is 37.9 Å². The molecule has 17 nitrogen and oxygen atoms in total. The Balaban J connectivity index is 1.51. The number of benzene rings is 1. The number of aliphatic hydroxyl groups excluding tert-OH is 2. The van der Waals surface area contributed by atoms with Gasteiger partial charge in [0.25, 0.3) is 11.8 Å². The number of imide groups is 1. The second-order valence-electron chi connectivity index (χ2n) is 20.0. The van der Waals surface area contributed by atoms with E-state index in [1.54, 1.807) is 72.9 Å². The van der Waals surface area contributed by atoms with Gasteiger partial charge in [-0.15, -0.1) is 0 Å². The number of aliphatic hydroxyl groups is 3. The van der Waals surface area contributed by atoms with Crippen LogP contribution in [0, 0.1) is 23.7 Å². The van der Waals surface area contributed by atoms with Crippen molar-refractivity contribution in [2.45, 2.75) is 186 Å². The van der Waals surface area contributed by atoms with Crippen LogP contribution in [-0.4, -0.2) is 174 Å². The summed E-state index contributed by atoms with van der Waals surface area (Å²) in [5.41, 5.74) is -3.55. The minimum Gasteiger partial charge on any atom is -0.459 e. The standard InChI is InChI=1S/C49H78N2O15/c1-15-35-49(10,58)40(53)28(4)37(52)26(2)24-48(9,61-14)42(29(5)38(30(6)45(57)64-35)65-36-25-47(8,60-13)41(54)31(7)63-36)66-46-39(59-12)34(23-27(3)62-46)50(11)21-18-22-51-43(55)32-19-16-17-20-33(32)44(51)56/h16-17,19-20,26-31,34-36,38-42,46,53-54,58H,15,18,21-25H2,1-14H3/t26-,27-,28+,29+,30-,31+,34+,35-,36+,38+,39-,40-,41+,42-,46+,47-,48+,49-/m1/s1. The van der Waals surface area contributed by atoms with E-state index in [-0.39, 0.29) is 55.6 Å². The minimum absolute atomic E-state index is 0.0886. The van der Waals surface area contributed by atoms with E-state index in [0.717, 1.165) is 0 Å². The molecule has 0 aromatic heterocycles. The lowest BCUT2D eigenvalue weighted by Gasteiger charge is -2.50. The Labute approximate surface area is 391 Å². The van der Waals surface area contributed by atoms with Crippen LogP contribution in [0.2, 0.25) is 0 Å². The number of rotatable bonds is 13. The average Bonchev–Trinajstić information content (AvgIpc) is 3.53. The van der Waals surface area contributed by atoms with Crippen molar-refractivity contribution in [3.05, 3.63) is 35.4 Å². The number of likely N-dealkylation sites (N-methyl/N-ethyl adjacent to an activating group) is 1. The summed E-state index contributed by atoms with van der Waals surface area (Å²) in [5.74, 6) is -5.25. The van der Waals surface area contributed by atoms with Crippen LogP contribution in [-0.2, 0) is 47.5 Å². The van der Waals surface area contributed by atoms with Gasteiger partial charge >= 0.3 is 5.97 Å². The van der Waals surface area contributed by atoms with E-state index in [2.05, 4.69) is 4.90 Å². The third-order valence-electron chi connectivity index (χ3n) is 15.2. The smallest absolute Gasteiger partial charge is 0.311 e. The third kappa shape index (κ3) is 10.9. The molecule has 5 rings (SSSR count). The fraction of sp³-hybridized carbons (Fsp3) is 0.796. The molecule has 4 aliphatic rings. The molecule has 2 amide bonds. The number of amides is 2. The Morgan fingerprint density at radius 1 is 0.818 bits per heavy atom. The van der Waals surface area contributed by atoms with Gasteiger partial charge in [0.2, 0.25) is 0 Å². The number of esters is 1. The molecule has 66 heavy (non-hydrogen) atoms. The van der Waals surface area contributed by atoms with E-state index < -0.39 is 102 Å². The molecule has 4 heterocycles. The summed E-state index contributed by atoms with van der Waals surface area (Å²) in [6, 6.07) is 6.56. The van der Waals surface area contributed by atoms with Gasteiger partial charge in [-0.1, -0.05) is 39.8 Å². The van der Waals surface area contributed by atoms with Gasteiger partial charge in [0.1, 0.15) is 29.7 Å². The van der Waals surface area contributed by atoms with Gasteiger partial charge in [-0.3, -0.25) is 24.1 Å². The molecule has 4 aliphatic heterocycles. The van der Waals surface area contributed by atoms with E-state index in [1.807, 2.05) is 27.8 Å². The molecule has 1 aromatic rings. The van der Waals surface area contributed by atoms with Crippen LogP contribution in [0.3, 0.4) is 0 Å². The van der Waals surface area contributed by atoms with Crippen LogP contribution in [0.25, 0.3) is 0 Å². The summed E-state index contributed by atoms with van der Waals surface area (Å²) >= 11 is 0. The number of methoxy groups -OCH3 is 3. The number of hydrogen-bond donors (Lipinski definition) is 3. The van der Waals surface area contributed by atoms with Crippen LogP contribution in [0.1, 0.15) is 122 Å². The highest BCUT2D eigenvalue weighted by molar-refractivity contribution is 6.21. The summed E-state index contributed by atoms with van der Waals surface area (Å²) in [4.78, 5) is 58.4. The van der Waals surface area contributed by atoms with Gasteiger partial charge in [-0.2, -0.15) is 0 Å². The largest absolute Gasteiger partial charge is 0.459 e. The predicted octanol–water partition coefficient (Wildman–Crippen LogP) is 4.15. The molecule has 0 bridgehead atoms. The molecule has 0 aliphatic carbocycles. The maximum atomic E-state index is 14.5. The van der Waals surface area contributed by atoms with E-state index in [1.165, 1.54) is 26.0 Å². The summed E-state index contributed by atoms with van der Waals surface area (Å²) in [5, 5.41) is 34.5. The number of ketones is 1. The number of carbonyl (C=O) groups is 4. The van der Waals surface area contributed by atoms with Crippen LogP contribution < -0.4 is 0 Å². The molecule has 0 saturated carbocycles. The van der Waals surface area contributed by atoms with E-state index >= 15 is 0 Å². The number of ether oxygens (including phenoxy) is 8. The zero-order valence-corrected chi connectivity index (χ0v) is 41.6. The number of carbonyl (C=O) groups excluding carboxylic acids is 4. The van der Waals surface area contributed by atoms with Gasteiger partial charge in [0, 0.05) is 58.1 Å². The molecule has 1 aromatic carbocycles. The van der Waals surface area contributed by atoms with Gasteiger partial charge in [-0.25, -0.2) is 0 Å². The lowest BCUT2D eigenvalue weighted by atomic mass is 9.74.